The van der Waals surface area contributed by atoms with E-state index in [4.69, 9.17) is 16.9 Å². The second-order valence-electron chi connectivity index (χ2n) is 11.5. The third-order valence-electron chi connectivity index (χ3n) is 6.71. The zero-order chi connectivity index (χ0) is 31.8. The van der Waals surface area contributed by atoms with Crippen LogP contribution >= 0.6 is 0 Å². The van der Waals surface area contributed by atoms with E-state index in [9.17, 15) is 19.2 Å². The highest BCUT2D eigenvalue weighted by atomic mass is 16.6. The molecule has 0 heterocycles. The Balaban J connectivity index is 2.52. The van der Waals surface area contributed by atoms with Crippen molar-refractivity contribution in [2.24, 2.45) is 5.73 Å². The molecular formula is C34H46N4O5. The third kappa shape index (κ3) is 12.2. The molecule has 0 saturated heterocycles. The van der Waals surface area contributed by atoms with Crippen LogP contribution in [0, 0.1) is 12.3 Å². The zero-order valence-electron chi connectivity index (χ0n) is 25.9. The molecule has 43 heavy (non-hydrogen) atoms. The Morgan fingerprint density at radius 2 is 1.58 bits per heavy atom. The van der Waals surface area contributed by atoms with Gasteiger partial charge in [-0.15, -0.1) is 6.42 Å². The maximum Gasteiger partial charge on any atom is 0.408 e. The number of amides is 4. The Morgan fingerprint density at radius 3 is 2.21 bits per heavy atom. The van der Waals surface area contributed by atoms with Crippen LogP contribution in [0.15, 0.2) is 54.6 Å². The van der Waals surface area contributed by atoms with Crippen molar-refractivity contribution in [1.82, 2.24) is 15.5 Å². The Kier molecular flexibility index (Phi) is 14.3. The predicted molar refractivity (Wildman–Crippen MR) is 167 cm³/mol. The molecule has 0 aromatic heterocycles. The van der Waals surface area contributed by atoms with Gasteiger partial charge in [-0.2, -0.15) is 0 Å². The average Bonchev–Trinajstić information content (AvgIpc) is 2.96. The lowest BCUT2D eigenvalue weighted by Crippen LogP contribution is -2.54. The Hall–Kier alpha value is -4.32. The smallest absolute Gasteiger partial charge is 0.408 e. The van der Waals surface area contributed by atoms with Gasteiger partial charge < -0.3 is 26.0 Å². The number of carbonyl (C=O) groups excluding carboxylic acids is 4. The molecule has 4 amide bonds. The summed E-state index contributed by atoms with van der Waals surface area (Å²) >= 11 is 0. The summed E-state index contributed by atoms with van der Waals surface area (Å²) in [4.78, 5) is 54.4. The second-order valence-corrected chi connectivity index (χ2v) is 11.5. The van der Waals surface area contributed by atoms with Crippen LogP contribution in [0.4, 0.5) is 4.79 Å². The maximum atomic E-state index is 14.3. The molecule has 0 radical (unpaired) electrons. The molecular weight excluding hydrogens is 544 g/mol. The zero-order valence-corrected chi connectivity index (χ0v) is 25.9. The van der Waals surface area contributed by atoms with E-state index < -0.39 is 47.9 Å². The van der Waals surface area contributed by atoms with Crippen molar-refractivity contribution in [3.05, 3.63) is 71.3 Å². The van der Waals surface area contributed by atoms with E-state index in [1.54, 1.807) is 45.0 Å². The summed E-state index contributed by atoms with van der Waals surface area (Å²) in [5.74, 6) is 0.760. The third-order valence-corrected chi connectivity index (χ3v) is 6.71. The molecule has 2 unspecified atom stereocenters. The van der Waals surface area contributed by atoms with E-state index in [1.807, 2.05) is 30.3 Å². The molecule has 0 saturated carbocycles. The molecule has 232 valence electrons. The summed E-state index contributed by atoms with van der Waals surface area (Å²) in [7, 11) is 0. The van der Waals surface area contributed by atoms with E-state index in [0.29, 0.717) is 17.5 Å². The van der Waals surface area contributed by atoms with Crippen LogP contribution in [-0.2, 0) is 25.7 Å². The lowest BCUT2D eigenvalue weighted by Gasteiger charge is -2.35. The summed E-state index contributed by atoms with van der Waals surface area (Å²) < 4.78 is 5.35. The number of nitrogens with one attached hydrogen (secondary N) is 2. The predicted octanol–water partition coefficient (Wildman–Crippen LogP) is 4.98. The second kappa shape index (κ2) is 17.6. The highest BCUT2D eigenvalue weighted by Gasteiger charge is 2.37. The molecule has 0 aliphatic rings. The molecule has 0 spiro atoms. The van der Waals surface area contributed by atoms with E-state index in [0.717, 1.165) is 37.7 Å². The number of terminal acetylenes is 1. The number of nitrogens with zero attached hydrogens (tertiary/aromatic N) is 1. The first-order valence-corrected chi connectivity index (χ1v) is 14.9. The molecule has 0 bridgehead atoms. The monoisotopic (exact) mass is 590 g/mol. The molecule has 2 atom stereocenters. The molecule has 0 fully saturated rings. The first-order valence-electron chi connectivity index (χ1n) is 14.9. The minimum absolute atomic E-state index is 0.193. The fourth-order valence-corrected chi connectivity index (χ4v) is 4.68. The molecule has 9 nitrogen and oxygen atoms in total. The number of unbranched alkanes of at least 4 members (excludes halogenated alkanes) is 5. The fraction of sp³-hybridized carbons (Fsp3) is 0.471. The average molecular weight is 591 g/mol. The van der Waals surface area contributed by atoms with Gasteiger partial charge in [-0.05, 0) is 44.4 Å². The number of carbonyl (C=O) groups is 4. The number of hydrogen-bond acceptors (Lipinski definition) is 5. The highest BCUT2D eigenvalue weighted by molar-refractivity contribution is 5.94. The van der Waals surface area contributed by atoms with Crippen molar-refractivity contribution in [2.75, 3.05) is 6.54 Å². The SMILES string of the molecule is C#Cc1ccccc1C(C(=O)NCc1ccccc1)N(CCCCCCCC)C(=O)C(CC(N)=O)NC(=O)OC(C)(C)C. The number of primary amides is 1. The van der Waals surface area contributed by atoms with Gasteiger partial charge in [0.2, 0.25) is 17.7 Å². The summed E-state index contributed by atoms with van der Waals surface area (Å²) in [5, 5.41) is 5.46. The van der Waals surface area contributed by atoms with Crippen LogP contribution in [0.2, 0.25) is 0 Å². The molecule has 2 aromatic rings. The number of ether oxygens (including phenoxy) is 1. The van der Waals surface area contributed by atoms with Gasteiger partial charge in [0.25, 0.3) is 0 Å². The lowest BCUT2D eigenvalue weighted by atomic mass is 9.96. The molecule has 2 aromatic carbocycles. The summed E-state index contributed by atoms with van der Waals surface area (Å²) in [6.45, 7) is 7.62. The quantitative estimate of drug-likeness (QED) is 0.187. The van der Waals surface area contributed by atoms with Crippen LogP contribution in [0.5, 0.6) is 0 Å². The number of hydrogen-bond donors (Lipinski definition) is 3. The van der Waals surface area contributed by atoms with Crippen molar-refractivity contribution in [3.63, 3.8) is 0 Å². The van der Waals surface area contributed by atoms with Gasteiger partial charge in [-0.1, -0.05) is 93.5 Å². The van der Waals surface area contributed by atoms with Crippen molar-refractivity contribution >= 4 is 23.8 Å². The van der Waals surface area contributed by atoms with Gasteiger partial charge in [0.1, 0.15) is 17.7 Å². The first kappa shape index (κ1) is 34.9. The summed E-state index contributed by atoms with van der Waals surface area (Å²) in [6, 6.07) is 13.9. The van der Waals surface area contributed by atoms with Gasteiger partial charge in [0.15, 0.2) is 0 Å². The normalized spacial score (nSPS) is 12.3. The largest absolute Gasteiger partial charge is 0.444 e. The van der Waals surface area contributed by atoms with E-state index in [1.165, 1.54) is 4.90 Å². The van der Waals surface area contributed by atoms with Crippen molar-refractivity contribution in [2.45, 2.75) is 96.9 Å². The molecule has 0 aliphatic carbocycles. The van der Waals surface area contributed by atoms with E-state index in [-0.39, 0.29) is 13.1 Å². The molecule has 2 rings (SSSR count). The van der Waals surface area contributed by atoms with Crippen LogP contribution in [-0.4, -0.2) is 46.9 Å². The minimum atomic E-state index is -1.35. The van der Waals surface area contributed by atoms with Crippen LogP contribution < -0.4 is 16.4 Å². The Morgan fingerprint density at radius 1 is 0.953 bits per heavy atom. The van der Waals surface area contributed by atoms with Gasteiger partial charge in [-0.3, -0.25) is 14.4 Å². The summed E-state index contributed by atoms with van der Waals surface area (Å²) in [6.07, 6.45) is 10.2. The van der Waals surface area contributed by atoms with Crippen molar-refractivity contribution < 1.29 is 23.9 Å². The first-order chi connectivity index (χ1) is 20.5. The standard InChI is InChI=1S/C34H46N4O5/c1-6-8-9-10-11-17-22-38(32(41)28(23-29(35)39)37-33(42)43-34(3,4)5)30(27-21-16-15-20-26(27)7-2)31(40)36-24-25-18-13-12-14-19-25/h2,12-16,18-21,28,30H,6,8-11,17,22-24H2,1,3-5H3,(H2,35,39)(H,36,40)(H,37,42). The molecule has 0 aliphatic heterocycles. The number of alkyl carbamates (subject to hydrolysis) is 1. The Bertz CT molecular complexity index is 1250. The van der Waals surface area contributed by atoms with Gasteiger partial charge in [0, 0.05) is 18.7 Å². The van der Waals surface area contributed by atoms with Crippen LogP contribution in [0.3, 0.4) is 0 Å². The van der Waals surface area contributed by atoms with Crippen molar-refractivity contribution in [1.29, 1.82) is 0 Å². The van der Waals surface area contributed by atoms with Gasteiger partial charge in [0.05, 0.1) is 6.42 Å². The van der Waals surface area contributed by atoms with E-state index >= 15 is 0 Å². The van der Waals surface area contributed by atoms with Gasteiger partial charge >= 0.3 is 6.09 Å². The molecule has 4 N–H and O–H groups in total. The lowest BCUT2D eigenvalue weighted by molar-refractivity contribution is -0.143. The molecule has 9 heteroatoms. The Labute approximate surface area is 255 Å². The number of nitrogens with two attached hydrogens (primary N) is 1. The number of rotatable bonds is 16. The summed E-state index contributed by atoms with van der Waals surface area (Å²) in [5.41, 5.74) is 6.46. The number of benzene rings is 2. The minimum Gasteiger partial charge on any atom is -0.444 e. The highest BCUT2D eigenvalue weighted by Crippen LogP contribution is 2.27. The van der Waals surface area contributed by atoms with E-state index in [2.05, 4.69) is 23.5 Å². The van der Waals surface area contributed by atoms with Crippen LogP contribution in [0.25, 0.3) is 0 Å². The fourth-order valence-electron chi connectivity index (χ4n) is 4.68. The van der Waals surface area contributed by atoms with Gasteiger partial charge in [-0.25, -0.2) is 4.79 Å². The maximum absolute atomic E-state index is 14.3. The van der Waals surface area contributed by atoms with Crippen molar-refractivity contribution in [3.8, 4) is 12.3 Å². The van der Waals surface area contributed by atoms with Crippen LogP contribution in [0.1, 0.15) is 95.4 Å². The topological polar surface area (TPSA) is 131 Å².